The lowest BCUT2D eigenvalue weighted by atomic mass is 9.79. The number of benzene rings is 1. The van der Waals surface area contributed by atoms with Crippen molar-refractivity contribution in [3.05, 3.63) is 36.4 Å². The second-order valence-corrected chi connectivity index (χ2v) is 23.8. The van der Waals surface area contributed by atoms with Gasteiger partial charge in [0, 0.05) is 48.6 Å². The fraction of sp³-hybridized carbons (Fsp3) is 0.593. The van der Waals surface area contributed by atoms with Gasteiger partial charge in [-0.25, -0.2) is 0 Å². The number of fused-ring (bicyclic) bond motifs is 2. The molecule has 7 rings (SSSR count). The van der Waals surface area contributed by atoms with Crippen molar-refractivity contribution in [2.75, 3.05) is 47.3 Å². The van der Waals surface area contributed by atoms with E-state index in [0.717, 1.165) is 149 Å². The summed E-state index contributed by atoms with van der Waals surface area (Å²) in [5.41, 5.74) is 1.58. The summed E-state index contributed by atoms with van der Waals surface area (Å²) in [4.78, 5) is 5.66. The van der Waals surface area contributed by atoms with Gasteiger partial charge in [-0.05, 0) is 74.4 Å². The Morgan fingerprint density at radius 3 is 1.43 bits per heavy atom. The molecule has 16 heteroatoms. The lowest BCUT2D eigenvalue weighted by molar-refractivity contribution is 0.0796. The Hall–Kier alpha value is -3.21. The fourth-order valence-electron chi connectivity index (χ4n) is 9.70. The van der Waals surface area contributed by atoms with Crippen LogP contribution < -0.4 is 38.0 Å². The minimum Gasteiger partial charge on any atom is -0.496 e. The van der Waals surface area contributed by atoms with Crippen molar-refractivity contribution in [3.8, 4) is 74.9 Å². The molecule has 10 nitrogen and oxygen atoms in total. The average Bonchev–Trinajstić information content (AvgIpc) is 4.17. The third-order valence-electron chi connectivity index (χ3n) is 14.2. The first-order valence-corrected chi connectivity index (χ1v) is 29.2. The van der Waals surface area contributed by atoms with Crippen molar-refractivity contribution >= 4 is 69.1 Å². The standard InChI is InChI=1S/C54H76B2O10S4/c1-9-15-20-36(14-6)31-62-40-30-37(41-21-23-44(67-41)50-46-48(52(70-50)56(59)61-8)66-35-54(33-64-46,27-18-12-4)28-19-13-5)39(60-7)29-38(40)42-22-24-43(68-42)49-45-47(51(69-49)55(57)58)65-34-53(32-63-45,25-16-10-2)26-17-11-3/h21-24,29-30,36,57-59H,9-20,25-28,31-35H2,1-8H3. The van der Waals surface area contributed by atoms with Crippen LogP contribution in [0.2, 0.25) is 0 Å². The van der Waals surface area contributed by atoms with E-state index in [-0.39, 0.29) is 10.8 Å². The Labute approximate surface area is 434 Å². The van der Waals surface area contributed by atoms with Crippen LogP contribution in [-0.4, -0.2) is 76.6 Å². The summed E-state index contributed by atoms with van der Waals surface area (Å²) in [5.74, 6) is 4.17. The normalized spacial score (nSPS) is 15.4. The number of rotatable bonds is 27. The number of unbranched alkanes of at least 4 members (excludes halogenated alkanes) is 5. The maximum absolute atomic E-state index is 11.1. The molecule has 4 aromatic heterocycles. The van der Waals surface area contributed by atoms with Crippen LogP contribution in [0.5, 0.6) is 34.5 Å². The first kappa shape index (κ1) is 54.6. The van der Waals surface area contributed by atoms with E-state index in [9.17, 15) is 15.1 Å². The topological polar surface area (TPSA) is 125 Å². The first-order chi connectivity index (χ1) is 34.0. The summed E-state index contributed by atoms with van der Waals surface area (Å²) in [6.07, 6.45) is 17.2. The minimum absolute atomic E-state index is 0.109. The molecule has 6 heterocycles. The van der Waals surface area contributed by atoms with Crippen LogP contribution in [-0.2, 0) is 4.65 Å². The molecule has 0 bridgehead atoms. The van der Waals surface area contributed by atoms with Crippen LogP contribution in [0.1, 0.15) is 144 Å². The molecule has 1 unspecified atom stereocenters. The van der Waals surface area contributed by atoms with Crippen molar-refractivity contribution < 1.29 is 48.1 Å². The van der Waals surface area contributed by atoms with E-state index < -0.39 is 14.2 Å². The van der Waals surface area contributed by atoms with Gasteiger partial charge in [0.2, 0.25) is 0 Å². The predicted molar refractivity (Wildman–Crippen MR) is 294 cm³/mol. The van der Waals surface area contributed by atoms with Crippen molar-refractivity contribution in [1.82, 2.24) is 0 Å². The van der Waals surface area contributed by atoms with Gasteiger partial charge in [0.1, 0.15) is 11.5 Å². The molecule has 3 N–H and O–H groups in total. The molecule has 0 fully saturated rings. The quantitative estimate of drug-likeness (QED) is 0.0438. The van der Waals surface area contributed by atoms with E-state index >= 15 is 0 Å². The number of hydrogen-bond donors (Lipinski definition) is 3. The molecular formula is C54H76B2O10S4. The summed E-state index contributed by atoms with van der Waals surface area (Å²) in [6, 6.07) is 12.7. The van der Waals surface area contributed by atoms with Crippen molar-refractivity contribution in [1.29, 1.82) is 0 Å². The second-order valence-electron chi connectivity index (χ2n) is 19.5. The third kappa shape index (κ3) is 12.4. The Kier molecular flexibility index (Phi) is 20.0. The fourth-order valence-corrected chi connectivity index (χ4v) is 14.2. The Bertz CT molecular complexity index is 2410. The van der Waals surface area contributed by atoms with Crippen molar-refractivity contribution in [2.24, 2.45) is 16.7 Å². The highest BCUT2D eigenvalue weighted by Crippen LogP contribution is 2.54. The van der Waals surface area contributed by atoms with E-state index in [1.54, 1.807) is 29.8 Å². The van der Waals surface area contributed by atoms with Gasteiger partial charge < -0.3 is 48.1 Å². The SMILES string of the molecule is CCCCC(CC)COc1cc(-c2ccc(-c3sc(B(O)OC)c4c3OCC(CCCC)(CCCC)CO4)s2)c(OC)cc1-c1ccc(-c2sc(B(O)O)c3c2OCC(CCCC)(CCCC)CO3)s1. The van der Waals surface area contributed by atoms with Crippen molar-refractivity contribution in [2.45, 2.75) is 144 Å². The highest BCUT2D eigenvalue weighted by molar-refractivity contribution is 7.30. The number of hydrogen-bond acceptors (Lipinski definition) is 14. The molecule has 2 aliphatic heterocycles. The molecule has 2 aliphatic rings. The molecule has 0 aliphatic carbocycles. The third-order valence-corrected chi connectivity index (χ3v) is 19.2. The Balaban J connectivity index is 1.26. The van der Waals surface area contributed by atoms with Gasteiger partial charge in [-0.15, -0.1) is 45.3 Å². The van der Waals surface area contributed by atoms with Crippen LogP contribution in [0.15, 0.2) is 36.4 Å². The summed E-state index contributed by atoms with van der Waals surface area (Å²) in [6.45, 7) is 16.0. The zero-order chi connectivity index (χ0) is 49.8. The lowest BCUT2D eigenvalue weighted by Crippen LogP contribution is -2.35. The van der Waals surface area contributed by atoms with Crippen LogP contribution in [0, 0.1) is 16.7 Å². The molecular weight excluding hydrogens is 958 g/mol. The molecule has 382 valence electrons. The van der Waals surface area contributed by atoms with E-state index in [0.29, 0.717) is 77.3 Å². The van der Waals surface area contributed by atoms with Crippen LogP contribution in [0.25, 0.3) is 40.4 Å². The number of thiophene rings is 4. The van der Waals surface area contributed by atoms with Gasteiger partial charge in [0.05, 0.1) is 59.5 Å². The van der Waals surface area contributed by atoms with Crippen LogP contribution in [0.4, 0.5) is 0 Å². The molecule has 0 radical (unpaired) electrons. The van der Waals surface area contributed by atoms with Crippen LogP contribution >= 0.6 is 45.3 Å². The number of methoxy groups -OCH3 is 1. The molecule has 0 spiro atoms. The molecule has 0 saturated heterocycles. The number of ether oxygens (including phenoxy) is 6. The summed E-state index contributed by atoms with van der Waals surface area (Å²) < 4.78 is 46.4. The predicted octanol–water partition coefficient (Wildman–Crippen LogP) is 13.5. The van der Waals surface area contributed by atoms with E-state index in [2.05, 4.69) is 77.9 Å². The highest BCUT2D eigenvalue weighted by Gasteiger charge is 2.41. The molecule has 70 heavy (non-hydrogen) atoms. The smallest absolute Gasteiger partial charge is 0.496 e. The summed E-state index contributed by atoms with van der Waals surface area (Å²) >= 11 is 6.03. The molecule has 0 amide bonds. The van der Waals surface area contributed by atoms with Gasteiger partial charge in [-0.1, -0.05) is 112 Å². The van der Waals surface area contributed by atoms with E-state index in [1.165, 1.54) is 29.8 Å². The zero-order valence-corrected chi connectivity index (χ0v) is 46.1. The molecule has 1 aromatic carbocycles. The van der Waals surface area contributed by atoms with Gasteiger partial charge in [0.25, 0.3) is 0 Å². The molecule has 1 atom stereocenters. The Morgan fingerprint density at radius 2 is 0.986 bits per heavy atom. The lowest BCUT2D eigenvalue weighted by Gasteiger charge is -2.31. The maximum atomic E-state index is 11.1. The minimum atomic E-state index is -1.69. The molecule has 5 aromatic rings. The summed E-state index contributed by atoms with van der Waals surface area (Å²) in [7, 11) is 0.382. The Morgan fingerprint density at radius 1 is 0.557 bits per heavy atom. The highest BCUT2D eigenvalue weighted by atomic mass is 32.1. The monoisotopic (exact) mass is 1030 g/mol. The average molecular weight is 1040 g/mol. The van der Waals surface area contributed by atoms with Crippen LogP contribution in [0.3, 0.4) is 0 Å². The van der Waals surface area contributed by atoms with Gasteiger partial charge in [-0.2, -0.15) is 0 Å². The zero-order valence-electron chi connectivity index (χ0n) is 42.9. The van der Waals surface area contributed by atoms with Crippen molar-refractivity contribution in [3.63, 3.8) is 0 Å². The molecule has 0 saturated carbocycles. The van der Waals surface area contributed by atoms with Gasteiger partial charge in [-0.3, -0.25) is 0 Å². The maximum Gasteiger partial charge on any atom is 0.505 e. The van der Waals surface area contributed by atoms with E-state index in [4.69, 9.17) is 33.1 Å². The second kappa shape index (κ2) is 25.6. The first-order valence-electron chi connectivity index (χ1n) is 26.0. The summed E-state index contributed by atoms with van der Waals surface area (Å²) in [5, 5.41) is 32.4. The van der Waals surface area contributed by atoms with Gasteiger partial charge in [0.15, 0.2) is 23.0 Å². The largest absolute Gasteiger partial charge is 0.505 e. The van der Waals surface area contributed by atoms with E-state index in [1.807, 2.05) is 0 Å². The van der Waals surface area contributed by atoms with Gasteiger partial charge >= 0.3 is 14.2 Å².